The predicted octanol–water partition coefficient (Wildman–Crippen LogP) is 0.524. The van der Waals surface area contributed by atoms with Crippen LogP contribution in [-0.4, -0.2) is 36.3 Å². The fourth-order valence-corrected chi connectivity index (χ4v) is 2.45. The number of rotatable bonds is 4. The highest BCUT2D eigenvalue weighted by Gasteiger charge is 2.34. The van der Waals surface area contributed by atoms with E-state index in [0.717, 1.165) is 6.20 Å². The number of phenolic OH excluding ortho intramolecular Hbond substituents is 1. The lowest BCUT2D eigenvalue weighted by atomic mass is 10.3. The molecule has 7 nitrogen and oxygen atoms in total. The molecule has 2 N–H and O–H groups in total. The standard InChI is InChI=1S/C11H9NO6S/c13-7-1-3-8(4-2-7)18-6-10-12-5-9(11(14)15)19(10,16)17/h1-5,13H,6H2,(H,14,15). The third-order valence-electron chi connectivity index (χ3n) is 2.34. The fraction of sp³-hybridized carbons (Fsp3) is 0.0909. The maximum absolute atomic E-state index is 11.7. The molecular weight excluding hydrogens is 274 g/mol. The van der Waals surface area contributed by atoms with E-state index in [9.17, 15) is 13.2 Å². The number of nitrogens with zero attached hydrogens (tertiary/aromatic N) is 1. The Labute approximate surface area is 108 Å². The Morgan fingerprint density at radius 3 is 2.42 bits per heavy atom. The number of carbonyl (C=O) groups is 1. The number of aliphatic imine (C=N–C) groups is 1. The maximum Gasteiger partial charge on any atom is 0.349 e. The van der Waals surface area contributed by atoms with Crippen LogP contribution in [0.1, 0.15) is 0 Å². The molecule has 0 saturated heterocycles. The lowest BCUT2D eigenvalue weighted by molar-refractivity contribution is -0.131. The largest absolute Gasteiger partial charge is 0.508 e. The van der Waals surface area contributed by atoms with E-state index in [1.807, 2.05) is 0 Å². The summed E-state index contributed by atoms with van der Waals surface area (Å²) >= 11 is 0. The van der Waals surface area contributed by atoms with E-state index in [0.29, 0.717) is 5.75 Å². The molecule has 0 saturated carbocycles. The van der Waals surface area contributed by atoms with Gasteiger partial charge in [-0.05, 0) is 24.3 Å². The number of carboxylic acids is 1. The van der Waals surface area contributed by atoms with Crippen molar-refractivity contribution in [2.75, 3.05) is 6.61 Å². The second-order valence-electron chi connectivity index (χ2n) is 3.61. The van der Waals surface area contributed by atoms with Gasteiger partial charge >= 0.3 is 5.97 Å². The van der Waals surface area contributed by atoms with Crippen molar-refractivity contribution >= 4 is 20.9 Å². The predicted molar refractivity (Wildman–Crippen MR) is 65.7 cm³/mol. The first-order valence-corrected chi connectivity index (χ1v) is 6.56. The zero-order valence-electron chi connectivity index (χ0n) is 9.48. The number of benzene rings is 1. The van der Waals surface area contributed by atoms with E-state index >= 15 is 0 Å². The van der Waals surface area contributed by atoms with Crippen LogP contribution in [0.4, 0.5) is 0 Å². The van der Waals surface area contributed by atoms with Crippen LogP contribution in [-0.2, 0) is 14.6 Å². The quantitative estimate of drug-likeness (QED) is 0.833. The lowest BCUT2D eigenvalue weighted by Crippen LogP contribution is -2.23. The highest BCUT2D eigenvalue weighted by Crippen LogP contribution is 2.20. The molecule has 0 atom stereocenters. The second kappa shape index (κ2) is 4.73. The van der Waals surface area contributed by atoms with Gasteiger partial charge in [0.25, 0.3) is 0 Å². The van der Waals surface area contributed by atoms with Gasteiger partial charge in [0, 0.05) is 0 Å². The highest BCUT2D eigenvalue weighted by molar-refractivity contribution is 8.10. The van der Waals surface area contributed by atoms with E-state index in [1.165, 1.54) is 24.3 Å². The van der Waals surface area contributed by atoms with Crippen LogP contribution in [0.5, 0.6) is 11.5 Å². The summed E-state index contributed by atoms with van der Waals surface area (Å²) in [6, 6.07) is 5.65. The van der Waals surface area contributed by atoms with E-state index in [2.05, 4.69) is 4.99 Å². The van der Waals surface area contributed by atoms with Crippen LogP contribution < -0.4 is 4.74 Å². The van der Waals surface area contributed by atoms with Crippen molar-refractivity contribution in [3.8, 4) is 11.5 Å². The van der Waals surface area contributed by atoms with Crippen molar-refractivity contribution in [3.63, 3.8) is 0 Å². The van der Waals surface area contributed by atoms with Crippen molar-refractivity contribution in [1.29, 1.82) is 0 Å². The highest BCUT2D eigenvalue weighted by atomic mass is 32.2. The van der Waals surface area contributed by atoms with Gasteiger partial charge in [0.15, 0.2) is 9.95 Å². The van der Waals surface area contributed by atoms with Gasteiger partial charge in [0.05, 0.1) is 6.20 Å². The number of aliphatic carboxylic acids is 1. The molecule has 0 amide bonds. The molecule has 0 aromatic heterocycles. The smallest absolute Gasteiger partial charge is 0.349 e. The third-order valence-corrected chi connectivity index (χ3v) is 4.04. The maximum atomic E-state index is 11.7. The Bertz CT molecular complexity index is 672. The molecule has 8 heteroatoms. The molecule has 19 heavy (non-hydrogen) atoms. The Morgan fingerprint density at radius 2 is 1.89 bits per heavy atom. The summed E-state index contributed by atoms with van der Waals surface area (Å²) in [4.78, 5) is 13.5. The zero-order valence-corrected chi connectivity index (χ0v) is 10.3. The molecule has 0 aliphatic carbocycles. The summed E-state index contributed by atoms with van der Waals surface area (Å²) in [6.07, 6.45) is 0.785. The Morgan fingerprint density at radius 1 is 1.26 bits per heavy atom. The van der Waals surface area contributed by atoms with Gasteiger partial charge < -0.3 is 14.9 Å². The van der Waals surface area contributed by atoms with Gasteiger partial charge in [0.2, 0.25) is 9.84 Å². The minimum Gasteiger partial charge on any atom is -0.508 e. The lowest BCUT2D eigenvalue weighted by Gasteiger charge is -2.06. The molecule has 1 aliphatic heterocycles. The first kappa shape index (κ1) is 13.1. The SMILES string of the molecule is O=C(O)C1=CN=C(COc2ccc(O)cc2)S1(=O)=O. The molecule has 1 aromatic rings. The number of sulfone groups is 1. The molecule has 0 bridgehead atoms. The number of carboxylic acid groups (broad SMARTS) is 1. The molecule has 0 spiro atoms. The van der Waals surface area contributed by atoms with Crippen LogP contribution in [0.15, 0.2) is 40.4 Å². The van der Waals surface area contributed by atoms with Crippen LogP contribution in [0.3, 0.4) is 0 Å². The summed E-state index contributed by atoms with van der Waals surface area (Å²) in [5.74, 6) is -1.17. The summed E-state index contributed by atoms with van der Waals surface area (Å²) in [5, 5.41) is 17.4. The van der Waals surface area contributed by atoms with Crippen molar-refractivity contribution in [3.05, 3.63) is 35.4 Å². The number of phenols is 1. The van der Waals surface area contributed by atoms with E-state index < -0.39 is 20.7 Å². The van der Waals surface area contributed by atoms with Crippen molar-refractivity contribution in [2.45, 2.75) is 0 Å². The van der Waals surface area contributed by atoms with Gasteiger partial charge in [-0.2, -0.15) is 0 Å². The van der Waals surface area contributed by atoms with Gasteiger partial charge in [-0.15, -0.1) is 0 Å². The average Bonchev–Trinajstić information content (AvgIpc) is 2.64. The molecule has 1 heterocycles. The first-order chi connectivity index (χ1) is 8.91. The third kappa shape index (κ3) is 2.58. The molecule has 0 radical (unpaired) electrons. The Kier molecular flexibility index (Phi) is 3.26. The van der Waals surface area contributed by atoms with Crippen LogP contribution in [0, 0.1) is 0 Å². The monoisotopic (exact) mass is 283 g/mol. The molecule has 0 unspecified atom stereocenters. The number of hydrogen-bond donors (Lipinski definition) is 2. The average molecular weight is 283 g/mol. The number of aromatic hydroxyl groups is 1. The van der Waals surface area contributed by atoms with E-state index in [-0.39, 0.29) is 17.4 Å². The van der Waals surface area contributed by atoms with Crippen LogP contribution >= 0.6 is 0 Å². The minimum absolute atomic E-state index is 0.0491. The van der Waals surface area contributed by atoms with Gasteiger partial charge in [0.1, 0.15) is 18.1 Å². The number of ether oxygens (including phenoxy) is 1. The Hall–Kier alpha value is -2.35. The van der Waals surface area contributed by atoms with Crippen LogP contribution in [0.25, 0.3) is 0 Å². The summed E-state index contributed by atoms with van der Waals surface area (Å²) in [5.41, 5.74) is 0. The van der Waals surface area contributed by atoms with Crippen molar-refractivity contribution < 1.29 is 28.2 Å². The molecule has 0 fully saturated rings. The molecule has 1 aliphatic rings. The minimum atomic E-state index is -4.07. The van der Waals surface area contributed by atoms with Gasteiger partial charge in [-0.25, -0.2) is 18.2 Å². The van der Waals surface area contributed by atoms with Gasteiger partial charge in [-0.3, -0.25) is 0 Å². The van der Waals surface area contributed by atoms with Crippen molar-refractivity contribution in [1.82, 2.24) is 0 Å². The summed E-state index contributed by atoms with van der Waals surface area (Å²) < 4.78 is 28.6. The fourth-order valence-electron chi connectivity index (χ4n) is 1.37. The number of hydrogen-bond acceptors (Lipinski definition) is 6. The van der Waals surface area contributed by atoms with Crippen LogP contribution in [0.2, 0.25) is 0 Å². The molecule has 1 aromatic carbocycles. The molecule has 2 rings (SSSR count). The topological polar surface area (TPSA) is 113 Å². The first-order valence-electron chi connectivity index (χ1n) is 5.08. The normalized spacial score (nSPS) is 16.6. The zero-order chi connectivity index (χ0) is 14.0. The summed E-state index contributed by atoms with van der Waals surface area (Å²) in [7, 11) is -4.07. The second-order valence-corrected chi connectivity index (χ2v) is 5.53. The van der Waals surface area contributed by atoms with Gasteiger partial charge in [-0.1, -0.05) is 0 Å². The van der Waals surface area contributed by atoms with E-state index in [4.69, 9.17) is 14.9 Å². The van der Waals surface area contributed by atoms with Crippen molar-refractivity contribution in [2.24, 2.45) is 4.99 Å². The molecular formula is C11H9NO6S. The Balaban J connectivity index is 2.07. The molecule has 100 valence electrons. The van der Waals surface area contributed by atoms with E-state index in [1.54, 1.807) is 0 Å². The summed E-state index contributed by atoms with van der Waals surface area (Å²) in [6.45, 7) is -0.375.